The van der Waals surface area contributed by atoms with Gasteiger partial charge in [-0.15, -0.1) is 0 Å². The minimum atomic E-state index is -0.939. The van der Waals surface area contributed by atoms with Crippen LogP contribution in [0.1, 0.15) is 0 Å². The van der Waals surface area contributed by atoms with Crippen LogP contribution in [0, 0.1) is 0 Å². The van der Waals surface area contributed by atoms with E-state index in [4.69, 9.17) is 4.74 Å². The van der Waals surface area contributed by atoms with Gasteiger partial charge in [0.1, 0.15) is 6.73 Å². The SMILES string of the molecule is C[Si](C)(C)CCOCNc1ccccc1. The highest BCUT2D eigenvalue weighted by Gasteiger charge is 2.11. The highest BCUT2D eigenvalue weighted by atomic mass is 28.3. The van der Waals surface area contributed by atoms with Crippen LogP contribution in [0.4, 0.5) is 5.69 Å². The molecule has 0 saturated heterocycles. The summed E-state index contributed by atoms with van der Waals surface area (Å²) in [6, 6.07) is 11.4. The summed E-state index contributed by atoms with van der Waals surface area (Å²) in [5.41, 5.74) is 1.12. The molecule has 1 N–H and O–H groups in total. The molecule has 0 aliphatic heterocycles. The normalized spacial score (nSPS) is 11.4. The van der Waals surface area contributed by atoms with Gasteiger partial charge >= 0.3 is 0 Å². The van der Waals surface area contributed by atoms with Crippen LogP contribution >= 0.6 is 0 Å². The summed E-state index contributed by atoms with van der Waals surface area (Å²) < 4.78 is 5.54. The summed E-state index contributed by atoms with van der Waals surface area (Å²) in [6.07, 6.45) is 0. The average molecular weight is 223 g/mol. The fourth-order valence-corrected chi connectivity index (χ4v) is 1.90. The molecule has 0 aliphatic rings. The second kappa shape index (κ2) is 5.93. The number of benzene rings is 1. The topological polar surface area (TPSA) is 21.3 Å². The molecule has 0 saturated carbocycles. The van der Waals surface area contributed by atoms with Crippen molar-refractivity contribution in [1.29, 1.82) is 0 Å². The quantitative estimate of drug-likeness (QED) is 0.453. The van der Waals surface area contributed by atoms with Gasteiger partial charge in [-0.1, -0.05) is 37.8 Å². The Kier molecular flexibility index (Phi) is 4.85. The Labute approximate surface area is 93.7 Å². The minimum absolute atomic E-state index is 0.606. The Balaban J connectivity index is 2.08. The predicted octanol–water partition coefficient (Wildman–Crippen LogP) is 3.41. The molecular formula is C12H21NOSi. The summed E-state index contributed by atoms with van der Waals surface area (Å²) in [4.78, 5) is 0. The molecule has 0 amide bonds. The third-order valence-electron chi connectivity index (χ3n) is 2.15. The first-order valence-electron chi connectivity index (χ1n) is 5.45. The molecule has 0 heterocycles. The molecule has 0 spiro atoms. The van der Waals surface area contributed by atoms with Crippen LogP contribution in [0.3, 0.4) is 0 Å². The lowest BCUT2D eigenvalue weighted by Gasteiger charge is -2.15. The molecule has 84 valence electrons. The third kappa shape index (κ3) is 6.31. The van der Waals surface area contributed by atoms with Crippen molar-refractivity contribution in [3.05, 3.63) is 30.3 Å². The lowest BCUT2D eigenvalue weighted by atomic mass is 10.3. The number of ether oxygens (including phenoxy) is 1. The van der Waals surface area contributed by atoms with E-state index >= 15 is 0 Å². The molecule has 15 heavy (non-hydrogen) atoms. The van der Waals surface area contributed by atoms with Gasteiger partial charge in [0.15, 0.2) is 0 Å². The molecule has 1 aromatic carbocycles. The van der Waals surface area contributed by atoms with Gasteiger partial charge in [0, 0.05) is 20.4 Å². The van der Waals surface area contributed by atoms with Crippen LogP contribution in [0.25, 0.3) is 0 Å². The van der Waals surface area contributed by atoms with Gasteiger partial charge in [-0.05, 0) is 18.2 Å². The number of anilines is 1. The fraction of sp³-hybridized carbons (Fsp3) is 0.500. The van der Waals surface area contributed by atoms with Gasteiger partial charge in [-0.3, -0.25) is 0 Å². The summed E-state index contributed by atoms with van der Waals surface area (Å²) in [6.45, 7) is 8.56. The monoisotopic (exact) mass is 223 g/mol. The largest absolute Gasteiger partial charge is 0.363 e. The van der Waals surface area contributed by atoms with Crippen molar-refractivity contribution >= 4 is 13.8 Å². The van der Waals surface area contributed by atoms with Gasteiger partial charge in [0.25, 0.3) is 0 Å². The molecule has 0 bridgehead atoms. The predicted molar refractivity (Wildman–Crippen MR) is 69.0 cm³/mol. The molecule has 0 aromatic heterocycles. The maximum atomic E-state index is 5.54. The van der Waals surface area contributed by atoms with Crippen LogP contribution in [-0.4, -0.2) is 21.4 Å². The number of hydrogen-bond acceptors (Lipinski definition) is 2. The number of para-hydroxylation sites is 1. The molecule has 3 heteroatoms. The molecule has 0 radical (unpaired) electrons. The van der Waals surface area contributed by atoms with E-state index in [1.165, 1.54) is 6.04 Å². The number of rotatable bonds is 6. The molecule has 1 aromatic rings. The smallest absolute Gasteiger partial charge is 0.116 e. The summed E-state index contributed by atoms with van der Waals surface area (Å²) in [7, 11) is -0.939. The highest BCUT2D eigenvalue weighted by Crippen LogP contribution is 2.08. The lowest BCUT2D eigenvalue weighted by Crippen LogP contribution is -2.22. The lowest BCUT2D eigenvalue weighted by molar-refractivity contribution is 0.166. The Hall–Kier alpha value is -0.803. The zero-order chi connectivity index (χ0) is 11.1. The first-order valence-corrected chi connectivity index (χ1v) is 9.15. The first-order chi connectivity index (χ1) is 7.08. The van der Waals surface area contributed by atoms with Crippen molar-refractivity contribution in [2.75, 3.05) is 18.7 Å². The minimum Gasteiger partial charge on any atom is -0.363 e. The van der Waals surface area contributed by atoms with Crippen LogP contribution in [0.5, 0.6) is 0 Å². The van der Waals surface area contributed by atoms with E-state index in [-0.39, 0.29) is 0 Å². The van der Waals surface area contributed by atoms with Crippen LogP contribution in [0.2, 0.25) is 25.7 Å². The average Bonchev–Trinajstić information content (AvgIpc) is 2.17. The molecule has 0 aliphatic carbocycles. The van der Waals surface area contributed by atoms with Gasteiger partial charge in [0.05, 0.1) is 0 Å². The van der Waals surface area contributed by atoms with Crippen molar-refractivity contribution in [1.82, 2.24) is 0 Å². The summed E-state index contributed by atoms with van der Waals surface area (Å²) >= 11 is 0. The fourth-order valence-electron chi connectivity index (χ4n) is 1.14. The maximum absolute atomic E-state index is 5.54. The molecule has 0 fully saturated rings. The second-order valence-corrected chi connectivity index (χ2v) is 10.5. The Morgan fingerprint density at radius 1 is 1.13 bits per heavy atom. The second-order valence-electron chi connectivity index (χ2n) is 4.91. The van der Waals surface area contributed by atoms with E-state index < -0.39 is 8.07 Å². The van der Waals surface area contributed by atoms with Gasteiger partial charge in [-0.2, -0.15) is 0 Å². The van der Waals surface area contributed by atoms with Crippen molar-refractivity contribution < 1.29 is 4.74 Å². The molecule has 0 atom stereocenters. The third-order valence-corrected chi connectivity index (χ3v) is 3.85. The van der Waals surface area contributed by atoms with Crippen LogP contribution < -0.4 is 5.32 Å². The van der Waals surface area contributed by atoms with Gasteiger partial charge < -0.3 is 10.1 Å². The maximum Gasteiger partial charge on any atom is 0.116 e. The van der Waals surface area contributed by atoms with Gasteiger partial charge in [-0.25, -0.2) is 0 Å². The van der Waals surface area contributed by atoms with Crippen LogP contribution in [0.15, 0.2) is 30.3 Å². The Morgan fingerprint density at radius 2 is 1.80 bits per heavy atom. The molecule has 0 unspecified atom stereocenters. The van der Waals surface area contributed by atoms with Crippen LogP contribution in [-0.2, 0) is 4.74 Å². The zero-order valence-electron chi connectivity index (χ0n) is 9.92. The highest BCUT2D eigenvalue weighted by molar-refractivity contribution is 6.76. The molecule has 2 nitrogen and oxygen atoms in total. The van der Waals surface area contributed by atoms with E-state index in [1.807, 2.05) is 30.3 Å². The van der Waals surface area contributed by atoms with E-state index in [2.05, 4.69) is 25.0 Å². The molecule has 1 rings (SSSR count). The zero-order valence-corrected chi connectivity index (χ0v) is 10.9. The standard InChI is InChI=1S/C12H21NOSi/c1-15(2,3)10-9-14-11-13-12-7-5-4-6-8-12/h4-8,13H,9-11H2,1-3H3. The first kappa shape index (κ1) is 12.3. The molecular weight excluding hydrogens is 202 g/mol. The van der Waals surface area contributed by atoms with E-state index in [9.17, 15) is 0 Å². The Morgan fingerprint density at radius 3 is 2.40 bits per heavy atom. The number of hydrogen-bond donors (Lipinski definition) is 1. The van der Waals surface area contributed by atoms with E-state index in [1.54, 1.807) is 0 Å². The summed E-state index contributed by atoms with van der Waals surface area (Å²) in [5, 5.41) is 3.22. The van der Waals surface area contributed by atoms with Crippen molar-refractivity contribution in [2.45, 2.75) is 25.7 Å². The van der Waals surface area contributed by atoms with Crippen molar-refractivity contribution in [3.8, 4) is 0 Å². The summed E-state index contributed by atoms with van der Waals surface area (Å²) in [5.74, 6) is 0. The van der Waals surface area contributed by atoms with Crippen molar-refractivity contribution in [2.24, 2.45) is 0 Å². The van der Waals surface area contributed by atoms with Crippen molar-refractivity contribution in [3.63, 3.8) is 0 Å². The van der Waals surface area contributed by atoms with E-state index in [0.29, 0.717) is 6.73 Å². The Bertz CT molecular complexity index is 269. The van der Waals surface area contributed by atoms with Gasteiger partial charge in [0.2, 0.25) is 0 Å². The number of nitrogens with one attached hydrogen (secondary N) is 1. The van der Waals surface area contributed by atoms with E-state index in [0.717, 1.165) is 12.3 Å².